The number of aromatic amines is 1. The summed E-state index contributed by atoms with van der Waals surface area (Å²) in [5, 5.41) is 0. The van der Waals surface area contributed by atoms with Gasteiger partial charge in [-0.1, -0.05) is 30.3 Å². The molecule has 0 atom stereocenters. The summed E-state index contributed by atoms with van der Waals surface area (Å²) in [5.41, 5.74) is 1.62. The normalized spacial score (nSPS) is 10.1. The number of nitrogens with zero attached hydrogens (tertiary/aromatic N) is 1. The van der Waals surface area contributed by atoms with Crippen molar-refractivity contribution in [2.24, 2.45) is 0 Å². The first-order valence-electron chi connectivity index (χ1n) is 4.96. The Kier molecular flexibility index (Phi) is 3.00. The number of aromatic nitrogens is 2. The van der Waals surface area contributed by atoms with Crippen LogP contribution in [-0.2, 0) is 6.42 Å². The lowest BCUT2D eigenvalue weighted by Gasteiger charge is -2.02. The van der Waals surface area contributed by atoms with E-state index in [0.717, 1.165) is 5.56 Å². The van der Waals surface area contributed by atoms with Crippen molar-refractivity contribution < 1.29 is 4.74 Å². The van der Waals surface area contributed by atoms with Crippen molar-refractivity contribution in [1.29, 1.82) is 0 Å². The Morgan fingerprint density at radius 1 is 1.31 bits per heavy atom. The Balaban J connectivity index is 2.28. The zero-order chi connectivity index (χ0) is 11.4. The third-order valence-electron chi connectivity index (χ3n) is 2.19. The summed E-state index contributed by atoms with van der Waals surface area (Å²) in [6.07, 6.45) is 0.626. The van der Waals surface area contributed by atoms with Crippen molar-refractivity contribution in [3.63, 3.8) is 0 Å². The molecule has 0 spiro atoms. The van der Waals surface area contributed by atoms with Gasteiger partial charge < -0.3 is 4.74 Å². The molecule has 2 rings (SSSR count). The average molecular weight is 216 g/mol. The van der Waals surface area contributed by atoms with Crippen LogP contribution in [0.15, 0.2) is 41.2 Å². The standard InChI is InChI=1S/C12H12N2O2/c1-16-12-13-10(8-11(15)14-12)7-9-5-3-2-4-6-9/h2-6,8H,7H2,1H3,(H,13,14,15). The number of methoxy groups -OCH3 is 1. The van der Waals surface area contributed by atoms with Crippen LogP contribution in [-0.4, -0.2) is 17.1 Å². The van der Waals surface area contributed by atoms with Crippen LogP contribution in [0.4, 0.5) is 0 Å². The predicted octanol–water partition coefficient (Wildman–Crippen LogP) is 1.37. The van der Waals surface area contributed by atoms with Gasteiger partial charge in [0.05, 0.1) is 12.8 Å². The molecule has 1 aromatic carbocycles. The quantitative estimate of drug-likeness (QED) is 0.843. The van der Waals surface area contributed by atoms with Crippen molar-refractivity contribution in [3.05, 3.63) is 58.0 Å². The van der Waals surface area contributed by atoms with Crippen LogP contribution in [0, 0.1) is 0 Å². The van der Waals surface area contributed by atoms with Gasteiger partial charge in [-0.05, 0) is 5.56 Å². The maximum atomic E-state index is 11.3. The van der Waals surface area contributed by atoms with E-state index in [0.29, 0.717) is 12.1 Å². The van der Waals surface area contributed by atoms with Gasteiger partial charge >= 0.3 is 0 Å². The summed E-state index contributed by atoms with van der Waals surface area (Å²) in [6, 6.07) is 11.6. The van der Waals surface area contributed by atoms with Gasteiger partial charge in [-0.2, -0.15) is 0 Å². The molecular weight excluding hydrogens is 204 g/mol. The minimum absolute atomic E-state index is 0.196. The molecule has 1 heterocycles. The highest BCUT2D eigenvalue weighted by Gasteiger charge is 2.02. The van der Waals surface area contributed by atoms with Crippen molar-refractivity contribution in [2.45, 2.75) is 6.42 Å². The van der Waals surface area contributed by atoms with Crippen molar-refractivity contribution >= 4 is 0 Å². The van der Waals surface area contributed by atoms with E-state index in [1.165, 1.54) is 13.2 Å². The Morgan fingerprint density at radius 3 is 2.75 bits per heavy atom. The maximum Gasteiger partial charge on any atom is 0.296 e. The maximum absolute atomic E-state index is 11.3. The van der Waals surface area contributed by atoms with E-state index in [2.05, 4.69) is 9.97 Å². The molecule has 0 saturated heterocycles. The smallest absolute Gasteiger partial charge is 0.296 e. The molecule has 4 nitrogen and oxygen atoms in total. The number of hydrogen-bond donors (Lipinski definition) is 1. The van der Waals surface area contributed by atoms with E-state index in [9.17, 15) is 4.79 Å². The minimum atomic E-state index is -0.196. The third kappa shape index (κ3) is 2.48. The van der Waals surface area contributed by atoms with Gasteiger partial charge in [0.2, 0.25) is 0 Å². The minimum Gasteiger partial charge on any atom is -0.468 e. The second-order valence-corrected chi connectivity index (χ2v) is 3.41. The number of H-pyrrole nitrogens is 1. The fourth-order valence-electron chi connectivity index (χ4n) is 1.48. The molecule has 2 aromatic rings. The molecule has 0 fully saturated rings. The topological polar surface area (TPSA) is 55.0 Å². The summed E-state index contributed by atoms with van der Waals surface area (Å²) >= 11 is 0. The molecule has 0 unspecified atom stereocenters. The first kappa shape index (κ1) is 10.4. The fourth-order valence-corrected chi connectivity index (χ4v) is 1.48. The molecule has 16 heavy (non-hydrogen) atoms. The molecule has 0 aliphatic heterocycles. The summed E-state index contributed by atoms with van der Waals surface area (Å²) in [6.45, 7) is 0. The summed E-state index contributed by atoms with van der Waals surface area (Å²) < 4.78 is 4.91. The highest BCUT2D eigenvalue weighted by Crippen LogP contribution is 2.07. The highest BCUT2D eigenvalue weighted by atomic mass is 16.5. The van der Waals surface area contributed by atoms with Crippen molar-refractivity contribution in [2.75, 3.05) is 7.11 Å². The number of hydrogen-bond acceptors (Lipinski definition) is 3. The Bertz CT molecular complexity index is 520. The molecule has 4 heteroatoms. The van der Waals surface area contributed by atoms with E-state index in [1.807, 2.05) is 30.3 Å². The largest absolute Gasteiger partial charge is 0.468 e. The molecule has 0 aliphatic carbocycles. The molecule has 82 valence electrons. The van der Waals surface area contributed by atoms with E-state index in [-0.39, 0.29) is 11.6 Å². The number of ether oxygens (including phenoxy) is 1. The van der Waals surface area contributed by atoms with E-state index < -0.39 is 0 Å². The Morgan fingerprint density at radius 2 is 2.06 bits per heavy atom. The molecular formula is C12H12N2O2. The third-order valence-corrected chi connectivity index (χ3v) is 2.19. The molecule has 1 N–H and O–H groups in total. The van der Waals surface area contributed by atoms with Crippen LogP contribution in [0.1, 0.15) is 11.3 Å². The second-order valence-electron chi connectivity index (χ2n) is 3.41. The zero-order valence-corrected chi connectivity index (χ0v) is 8.93. The summed E-state index contributed by atoms with van der Waals surface area (Å²) in [5.74, 6) is 0. The number of rotatable bonds is 3. The van der Waals surface area contributed by atoms with E-state index in [4.69, 9.17) is 4.74 Å². The molecule has 1 aromatic heterocycles. The molecule has 0 radical (unpaired) electrons. The lowest BCUT2D eigenvalue weighted by molar-refractivity contribution is 0.377. The zero-order valence-electron chi connectivity index (χ0n) is 8.93. The van der Waals surface area contributed by atoms with Crippen LogP contribution < -0.4 is 10.3 Å². The van der Waals surface area contributed by atoms with Gasteiger partial charge in [0.25, 0.3) is 11.6 Å². The van der Waals surface area contributed by atoms with Gasteiger partial charge in [-0.3, -0.25) is 9.78 Å². The van der Waals surface area contributed by atoms with Gasteiger partial charge in [0.1, 0.15) is 0 Å². The number of nitrogens with one attached hydrogen (secondary N) is 1. The van der Waals surface area contributed by atoms with Crippen LogP contribution in [0.3, 0.4) is 0 Å². The summed E-state index contributed by atoms with van der Waals surface area (Å²) in [4.78, 5) is 17.9. The average Bonchev–Trinajstić information content (AvgIpc) is 2.29. The van der Waals surface area contributed by atoms with E-state index >= 15 is 0 Å². The van der Waals surface area contributed by atoms with Gasteiger partial charge in [-0.25, -0.2) is 4.98 Å². The lowest BCUT2D eigenvalue weighted by Crippen LogP contribution is -2.10. The van der Waals surface area contributed by atoms with Gasteiger partial charge in [0.15, 0.2) is 0 Å². The van der Waals surface area contributed by atoms with Crippen molar-refractivity contribution in [3.8, 4) is 6.01 Å². The highest BCUT2D eigenvalue weighted by molar-refractivity contribution is 5.21. The van der Waals surface area contributed by atoms with Crippen LogP contribution in [0.2, 0.25) is 0 Å². The SMILES string of the molecule is COc1nc(Cc2ccccc2)cc(=O)[nH]1. The molecule has 0 aliphatic rings. The van der Waals surface area contributed by atoms with Crippen molar-refractivity contribution in [1.82, 2.24) is 9.97 Å². The van der Waals surface area contributed by atoms with Crippen LogP contribution >= 0.6 is 0 Å². The second kappa shape index (κ2) is 4.61. The van der Waals surface area contributed by atoms with Crippen LogP contribution in [0.5, 0.6) is 6.01 Å². The lowest BCUT2D eigenvalue weighted by atomic mass is 10.1. The first-order valence-corrected chi connectivity index (χ1v) is 4.96. The predicted molar refractivity (Wildman–Crippen MR) is 60.7 cm³/mol. The van der Waals surface area contributed by atoms with Gasteiger partial charge in [0, 0.05) is 12.5 Å². The Labute approximate surface area is 92.9 Å². The fraction of sp³-hybridized carbons (Fsp3) is 0.167. The van der Waals surface area contributed by atoms with E-state index in [1.54, 1.807) is 0 Å². The molecule has 0 saturated carbocycles. The molecule has 0 amide bonds. The van der Waals surface area contributed by atoms with Crippen LogP contribution in [0.25, 0.3) is 0 Å². The summed E-state index contributed by atoms with van der Waals surface area (Å²) in [7, 11) is 1.48. The molecule has 0 bridgehead atoms. The Hall–Kier alpha value is -2.10. The van der Waals surface area contributed by atoms with Gasteiger partial charge in [-0.15, -0.1) is 0 Å². The number of benzene rings is 1. The first-order chi connectivity index (χ1) is 7.78. The monoisotopic (exact) mass is 216 g/mol.